The first-order valence-corrected chi connectivity index (χ1v) is 12.1. The number of hydrogen-bond donors (Lipinski definition) is 1. The van der Waals surface area contributed by atoms with E-state index in [1.54, 1.807) is 34.1 Å². The number of hydrogen-bond acceptors (Lipinski definition) is 5. The van der Waals surface area contributed by atoms with Gasteiger partial charge in [-0.25, -0.2) is 14.2 Å². The zero-order valence-electron chi connectivity index (χ0n) is 20.7. The maximum atomic E-state index is 13.9. The topological polar surface area (TPSA) is 85.2 Å². The van der Waals surface area contributed by atoms with E-state index >= 15 is 0 Å². The van der Waals surface area contributed by atoms with Crippen LogP contribution in [0.15, 0.2) is 55.0 Å². The average Bonchev–Trinajstić information content (AvgIpc) is 3.37. The number of benzene rings is 1. The number of nitrogens with zero attached hydrogens (tertiary/aromatic N) is 5. The van der Waals surface area contributed by atoms with Crippen molar-refractivity contribution in [2.24, 2.45) is 13.0 Å². The minimum Gasteiger partial charge on any atom is -0.494 e. The highest BCUT2D eigenvalue weighted by molar-refractivity contribution is 5.86. The molecule has 1 N–H and O–H groups in total. The van der Waals surface area contributed by atoms with E-state index < -0.39 is 5.82 Å². The summed E-state index contributed by atoms with van der Waals surface area (Å²) in [6.45, 7) is 1.46. The molecular formula is C28H27FN6O2. The van der Waals surface area contributed by atoms with Crippen LogP contribution in [0.4, 0.5) is 9.18 Å². The second kappa shape index (κ2) is 10.7. The zero-order valence-corrected chi connectivity index (χ0v) is 20.7. The van der Waals surface area contributed by atoms with E-state index in [2.05, 4.69) is 27.2 Å². The summed E-state index contributed by atoms with van der Waals surface area (Å²) in [6.07, 6.45) is 7.01. The molecule has 0 aliphatic carbocycles. The molecule has 0 saturated carbocycles. The molecule has 4 aromatic rings. The number of amides is 2. The van der Waals surface area contributed by atoms with Crippen molar-refractivity contribution in [3.63, 3.8) is 0 Å². The summed E-state index contributed by atoms with van der Waals surface area (Å²) in [4.78, 5) is 23.7. The first-order chi connectivity index (χ1) is 18.0. The molecule has 3 aromatic heterocycles. The number of rotatable bonds is 4. The molecule has 4 heterocycles. The molecule has 5 rings (SSSR count). The van der Waals surface area contributed by atoms with Crippen molar-refractivity contribution in [3.05, 3.63) is 72.1 Å². The maximum Gasteiger partial charge on any atom is 0.317 e. The first-order valence-electron chi connectivity index (χ1n) is 12.1. The Bertz CT molecular complexity index is 1500. The number of carbonyl (C=O) groups is 1. The number of halogens is 1. The van der Waals surface area contributed by atoms with E-state index in [-0.39, 0.29) is 24.2 Å². The molecule has 8 nitrogen and oxygen atoms in total. The third-order valence-corrected chi connectivity index (χ3v) is 6.44. The van der Waals surface area contributed by atoms with Gasteiger partial charge in [0.25, 0.3) is 0 Å². The van der Waals surface area contributed by atoms with E-state index in [4.69, 9.17) is 9.72 Å². The van der Waals surface area contributed by atoms with E-state index in [0.717, 1.165) is 35.0 Å². The molecular weight excluding hydrogens is 471 g/mol. The van der Waals surface area contributed by atoms with Crippen molar-refractivity contribution in [1.29, 1.82) is 0 Å². The van der Waals surface area contributed by atoms with Crippen molar-refractivity contribution in [1.82, 2.24) is 30.0 Å². The highest BCUT2D eigenvalue weighted by Gasteiger charge is 2.21. The van der Waals surface area contributed by atoms with Crippen LogP contribution in [0.25, 0.3) is 22.2 Å². The number of fused-ring (bicyclic) bond motifs is 1. The fraction of sp³-hybridized carbons (Fsp3) is 0.286. The number of aromatic nitrogens is 4. The van der Waals surface area contributed by atoms with Crippen LogP contribution in [0.5, 0.6) is 5.75 Å². The monoisotopic (exact) mass is 498 g/mol. The lowest BCUT2D eigenvalue weighted by Gasteiger charge is -2.30. The Kier molecular flexibility index (Phi) is 6.99. The fourth-order valence-corrected chi connectivity index (χ4v) is 4.38. The lowest BCUT2D eigenvalue weighted by atomic mass is 9.97. The molecule has 1 aliphatic rings. The van der Waals surface area contributed by atoms with E-state index in [0.29, 0.717) is 24.3 Å². The third-order valence-electron chi connectivity index (χ3n) is 6.44. The van der Waals surface area contributed by atoms with Gasteiger partial charge in [-0.3, -0.25) is 9.67 Å². The largest absolute Gasteiger partial charge is 0.494 e. The van der Waals surface area contributed by atoms with Crippen molar-refractivity contribution in [3.8, 4) is 28.8 Å². The van der Waals surface area contributed by atoms with Gasteiger partial charge in [-0.05, 0) is 54.7 Å². The minimum absolute atomic E-state index is 0.162. The lowest BCUT2D eigenvalue weighted by molar-refractivity contribution is 0.179. The standard InChI is InChI=1S/C28H27FN6O2/c1-34-18-21(17-32-34)25-15-26-22(4-3-11-30-26)24(33-25)7-5-19-9-12-35(13-10-19)28(36)31-16-20-6-8-27(37-2)23(29)14-20/h3-4,6,8,11,14-15,17-19H,9-10,12-13,16H2,1-2H3,(H,31,36). The summed E-state index contributed by atoms with van der Waals surface area (Å²) in [6, 6.07) is 10.3. The number of urea groups is 1. The van der Waals surface area contributed by atoms with Crippen LogP contribution in [0.3, 0.4) is 0 Å². The molecule has 1 aliphatic heterocycles. The Hall–Kier alpha value is -4.45. The Labute approximate surface area is 214 Å². The second-order valence-electron chi connectivity index (χ2n) is 8.99. The van der Waals surface area contributed by atoms with Crippen molar-refractivity contribution >= 4 is 16.9 Å². The highest BCUT2D eigenvalue weighted by Crippen LogP contribution is 2.24. The Morgan fingerprint density at radius 2 is 2.08 bits per heavy atom. The second-order valence-corrected chi connectivity index (χ2v) is 8.99. The van der Waals surface area contributed by atoms with Crippen molar-refractivity contribution in [2.75, 3.05) is 20.2 Å². The molecule has 2 amide bonds. The number of pyridine rings is 2. The number of nitrogens with one attached hydrogen (secondary N) is 1. The van der Waals surface area contributed by atoms with E-state index in [1.807, 2.05) is 31.4 Å². The van der Waals surface area contributed by atoms with Gasteiger partial charge in [0.15, 0.2) is 11.6 Å². The summed E-state index contributed by atoms with van der Waals surface area (Å²) >= 11 is 0. The molecule has 0 spiro atoms. The van der Waals surface area contributed by atoms with Gasteiger partial charge in [-0.1, -0.05) is 12.0 Å². The summed E-state index contributed by atoms with van der Waals surface area (Å²) in [5.74, 6) is 6.56. The van der Waals surface area contributed by atoms with Gasteiger partial charge in [0, 0.05) is 55.9 Å². The van der Waals surface area contributed by atoms with Gasteiger partial charge in [0.2, 0.25) is 0 Å². The summed E-state index contributed by atoms with van der Waals surface area (Å²) in [5, 5.41) is 8.03. The number of carbonyl (C=O) groups excluding carboxylic acids is 1. The van der Waals surface area contributed by atoms with Crippen LogP contribution >= 0.6 is 0 Å². The molecule has 188 valence electrons. The molecule has 1 fully saturated rings. The molecule has 0 unspecified atom stereocenters. The summed E-state index contributed by atoms with van der Waals surface area (Å²) in [7, 11) is 3.29. The molecule has 37 heavy (non-hydrogen) atoms. The van der Waals surface area contributed by atoms with Crippen LogP contribution in [0.1, 0.15) is 24.1 Å². The molecule has 9 heteroatoms. The van der Waals surface area contributed by atoms with Gasteiger partial charge < -0.3 is 15.0 Å². The third kappa shape index (κ3) is 5.54. The molecule has 0 atom stereocenters. The van der Waals surface area contributed by atoms with Gasteiger partial charge in [0.05, 0.1) is 24.5 Å². The van der Waals surface area contributed by atoms with Gasteiger partial charge >= 0.3 is 6.03 Å². The zero-order chi connectivity index (χ0) is 25.8. The van der Waals surface area contributed by atoms with Gasteiger partial charge in [-0.15, -0.1) is 0 Å². The van der Waals surface area contributed by atoms with Crippen LogP contribution in [-0.2, 0) is 13.6 Å². The molecule has 1 saturated heterocycles. The molecule has 0 radical (unpaired) electrons. The smallest absolute Gasteiger partial charge is 0.317 e. The van der Waals surface area contributed by atoms with Crippen LogP contribution in [0.2, 0.25) is 0 Å². The van der Waals surface area contributed by atoms with E-state index in [9.17, 15) is 9.18 Å². The summed E-state index contributed by atoms with van der Waals surface area (Å²) in [5.41, 5.74) is 3.90. The predicted molar refractivity (Wildman–Crippen MR) is 138 cm³/mol. The Balaban J connectivity index is 1.22. The predicted octanol–water partition coefficient (Wildman–Crippen LogP) is 4.15. The van der Waals surface area contributed by atoms with Crippen LogP contribution < -0.4 is 10.1 Å². The first kappa shape index (κ1) is 24.3. The maximum absolute atomic E-state index is 13.9. The minimum atomic E-state index is -0.447. The molecule has 1 aromatic carbocycles. The number of aryl methyl sites for hydroxylation is 1. The average molecular weight is 499 g/mol. The number of methoxy groups -OCH3 is 1. The number of likely N-dealkylation sites (tertiary alicyclic amines) is 1. The van der Waals surface area contributed by atoms with Crippen LogP contribution in [0, 0.1) is 23.6 Å². The quantitative estimate of drug-likeness (QED) is 0.428. The Morgan fingerprint density at radius 1 is 1.24 bits per heavy atom. The van der Waals surface area contributed by atoms with Gasteiger partial charge in [-0.2, -0.15) is 5.10 Å². The number of ether oxygens (including phenoxy) is 1. The van der Waals surface area contributed by atoms with Gasteiger partial charge in [0.1, 0.15) is 5.69 Å². The van der Waals surface area contributed by atoms with E-state index in [1.165, 1.54) is 13.2 Å². The highest BCUT2D eigenvalue weighted by atomic mass is 19.1. The Morgan fingerprint density at radius 3 is 2.81 bits per heavy atom. The van der Waals surface area contributed by atoms with Crippen molar-refractivity contribution < 1.29 is 13.9 Å². The lowest BCUT2D eigenvalue weighted by Crippen LogP contribution is -2.44. The van der Waals surface area contributed by atoms with Crippen LogP contribution in [-0.4, -0.2) is 50.9 Å². The normalized spacial score (nSPS) is 13.8. The molecule has 0 bridgehead atoms. The fourth-order valence-electron chi connectivity index (χ4n) is 4.38. The van der Waals surface area contributed by atoms with Crippen molar-refractivity contribution in [2.45, 2.75) is 19.4 Å². The number of piperidine rings is 1. The summed E-state index contributed by atoms with van der Waals surface area (Å²) < 4.78 is 20.6. The SMILES string of the molecule is COc1ccc(CNC(=O)N2CCC(C#Cc3nc(-c4cnn(C)c4)cc4ncccc34)CC2)cc1F.